The second-order valence-corrected chi connectivity index (χ2v) is 41.6. The third-order valence-electron chi connectivity index (χ3n) is 3.96. The zero-order chi connectivity index (χ0) is 16.7. The zero-order valence-corrected chi connectivity index (χ0v) is 20.8. The van der Waals surface area contributed by atoms with Gasteiger partial charge in [-0.25, -0.2) is 0 Å². The molecule has 0 fully saturated rings. The number of hydrogen-bond donors (Lipinski definition) is 0. The van der Waals surface area contributed by atoms with Crippen LogP contribution in [0, 0.1) is 11.4 Å². The molecule has 23 heavy (non-hydrogen) atoms. The van der Waals surface area contributed by atoms with E-state index in [9.17, 15) is 0 Å². The molecule has 3 rings (SSSR count). The topological polar surface area (TPSA) is 15.6 Å². The molecule has 2 nitrogen and oxygen atoms in total. The summed E-state index contributed by atoms with van der Waals surface area (Å²) in [6.45, 7) is 4.42. The molecule has 0 bridgehead atoms. The van der Waals surface area contributed by atoms with E-state index >= 15 is 0 Å². The first-order valence-electron chi connectivity index (χ1n) is 7.37. The average Bonchev–Trinajstić information content (AvgIpc) is 2.51. The summed E-state index contributed by atoms with van der Waals surface area (Å²) in [4.78, 5) is 8.81. The molecule has 2 aromatic carbocycles. The normalized spacial score (nSPS) is 16.3. The van der Waals surface area contributed by atoms with Crippen molar-refractivity contribution in [2.24, 2.45) is 4.99 Å². The van der Waals surface area contributed by atoms with Crippen LogP contribution in [-0.2, 0) is 6.42 Å². The van der Waals surface area contributed by atoms with Crippen molar-refractivity contribution in [1.29, 1.82) is 0 Å². The SMILES string of the molecule is CCc1cc(N(C)C)cc2c1N=c1c(C)cccc1=S2I(I)I. The average molecular weight is 664 g/mol. The molecule has 124 valence electrons. The first kappa shape index (κ1) is 18.4. The molecule has 2 aromatic rings. The van der Waals surface area contributed by atoms with E-state index < -0.39 is 10.5 Å². The third kappa shape index (κ3) is 3.46. The number of rotatable bonds is 3. The maximum absolute atomic E-state index is 5.12. The Kier molecular flexibility index (Phi) is 5.95. The van der Waals surface area contributed by atoms with Gasteiger partial charge in [0.2, 0.25) is 0 Å². The molecule has 1 atom stereocenters. The second kappa shape index (κ2) is 7.45. The van der Waals surface area contributed by atoms with Gasteiger partial charge >= 0.3 is 167 Å². The minimum absolute atomic E-state index is 0.214. The van der Waals surface area contributed by atoms with Crippen molar-refractivity contribution < 1.29 is 0 Å². The van der Waals surface area contributed by atoms with Gasteiger partial charge in [0.25, 0.3) is 0 Å². The van der Waals surface area contributed by atoms with Crippen LogP contribution in [0.3, 0.4) is 0 Å². The molecule has 6 heteroatoms. The van der Waals surface area contributed by atoms with Crippen LogP contribution in [-0.4, -0.2) is 14.1 Å². The van der Waals surface area contributed by atoms with Crippen molar-refractivity contribution in [3.8, 4) is 0 Å². The van der Waals surface area contributed by atoms with Crippen molar-refractivity contribution in [2.45, 2.75) is 25.2 Å². The van der Waals surface area contributed by atoms with E-state index in [1.807, 2.05) is 0 Å². The molecule has 0 saturated carbocycles. The van der Waals surface area contributed by atoms with Gasteiger partial charge in [0.1, 0.15) is 0 Å². The Morgan fingerprint density at radius 1 is 1.22 bits per heavy atom. The molecular weight excluding hydrogens is 645 g/mol. The molecule has 1 aliphatic heterocycles. The van der Waals surface area contributed by atoms with E-state index in [1.165, 1.54) is 37.3 Å². The van der Waals surface area contributed by atoms with Crippen molar-refractivity contribution in [3.05, 3.63) is 51.3 Å². The summed E-state index contributed by atoms with van der Waals surface area (Å²) in [5.41, 5.74) is 5.23. The van der Waals surface area contributed by atoms with Gasteiger partial charge in [-0.1, -0.05) is 0 Å². The summed E-state index contributed by atoms with van der Waals surface area (Å²) < 4.78 is 1.46. The number of para-hydroxylation sites is 1. The van der Waals surface area contributed by atoms with Crippen LogP contribution < -0.4 is 10.3 Å². The Labute approximate surface area is 165 Å². The van der Waals surface area contributed by atoms with Crippen LogP contribution >= 0.6 is 55.4 Å². The Morgan fingerprint density at radius 2 is 1.96 bits per heavy atom. The molecule has 0 amide bonds. The van der Waals surface area contributed by atoms with Crippen LogP contribution in [0.2, 0.25) is 0 Å². The molecule has 0 aliphatic carbocycles. The molecule has 0 saturated heterocycles. The standard InChI is InChI=1S/C17H19I3N2S/c1-5-12-9-13(22(3)4)10-15-17(12)21-16-11(2)7-6-8-14(16)23(15)20(18)19/h6-10H,5H2,1-4H3. The first-order chi connectivity index (χ1) is 10.9. The number of aryl methyl sites for hydroxylation is 2. The fourth-order valence-electron chi connectivity index (χ4n) is 2.72. The van der Waals surface area contributed by atoms with Gasteiger partial charge in [0, 0.05) is 0 Å². The molecule has 0 radical (unpaired) electrons. The van der Waals surface area contributed by atoms with Gasteiger partial charge < -0.3 is 0 Å². The fraction of sp³-hybridized carbons (Fsp3) is 0.294. The third-order valence-corrected chi connectivity index (χ3v) is 23.9. The van der Waals surface area contributed by atoms with Crippen LogP contribution in [0.15, 0.2) is 40.2 Å². The van der Waals surface area contributed by atoms with Crippen LogP contribution in [0.1, 0.15) is 18.1 Å². The second-order valence-electron chi connectivity index (χ2n) is 5.66. The van der Waals surface area contributed by atoms with E-state index in [2.05, 4.69) is 100 Å². The van der Waals surface area contributed by atoms with Crippen LogP contribution in [0.25, 0.3) is 0 Å². The summed E-state index contributed by atoms with van der Waals surface area (Å²) in [5, 5.41) is 1.23. The van der Waals surface area contributed by atoms with Gasteiger partial charge in [-0.2, -0.15) is 0 Å². The van der Waals surface area contributed by atoms with Gasteiger partial charge in [0.05, 0.1) is 0 Å². The molecule has 0 spiro atoms. The predicted octanol–water partition coefficient (Wildman–Crippen LogP) is 6.59. The van der Waals surface area contributed by atoms with E-state index in [0.29, 0.717) is 0 Å². The number of nitrogens with zero attached hydrogens (tertiary/aromatic N) is 2. The van der Waals surface area contributed by atoms with E-state index in [-0.39, 0.29) is 7.66 Å². The monoisotopic (exact) mass is 664 g/mol. The summed E-state index contributed by atoms with van der Waals surface area (Å²) >= 11 is 5.44. The number of anilines is 1. The zero-order valence-electron chi connectivity index (χ0n) is 13.5. The van der Waals surface area contributed by atoms with Crippen molar-refractivity contribution >= 4 is 66.7 Å². The minimum atomic E-state index is -1.13. The van der Waals surface area contributed by atoms with Crippen molar-refractivity contribution in [3.63, 3.8) is 0 Å². The molecular formula is C17H19I3N2S. The van der Waals surface area contributed by atoms with E-state index in [1.54, 1.807) is 0 Å². The first-order valence-corrected chi connectivity index (χ1v) is 23.7. The summed E-state index contributed by atoms with van der Waals surface area (Å²) in [6.07, 6.45) is 1.03. The molecule has 0 aromatic heterocycles. The summed E-state index contributed by atoms with van der Waals surface area (Å²) in [6, 6.07) is 11.4. The van der Waals surface area contributed by atoms with Gasteiger partial charge in [-0.3, -0.25) is 0 Å². The Bertz CT molecular complexity index is 891. The van der Waals surface area contributed by atoms with E-state index in [4.69, 9.17) is 4.99 Å². The quantitative estimate of drug-likeness (QED) is 0.268. The molecule has 1 heterocycles. The molecule has 0 N–H and O–H groups in total. The maximum atomic E-state index is 5.12. The Hall–Kier alpha value is 0.580. The predicted molar refractivity (Wildman–Crippen MR) is 129 cm³/mol. The molecule has 1 aliphatic rings. The Morgan fingerprint density at radius 3 is 2.57 bits per heavy atom. The van der Waals surface area contributed by atoms with Crippen LogP contribution in [0.4, 0.5) is 11.4 Å². The summed E-state index contributed by atoms with van der Waals surface area (Å²) in [7, 11) is 3.34. The number of halogens is 3. The van der Waals surface area contributed by atoms with Crippen molar-refractivity contribution in [1.82, 2.24) is 0 Å². The van der Waals surface area contributed by atoms with Gasteiger partial charge in [-0.15, -0.1) is 0 Å². The summed E-state index contributed by atoms with van der Waals surface area (Å²) in [5.74, 6) is 0. The van der Waals surface area contributed by atoms with E-state index in [0.717, 1.165) is 6.42 Å². The van der Waals surface area contributed by atoms with Gasteiger partial charge in [0.15, 0.2) is 0 Å². The Balaban J connectivity index is 2.47. The van der Waals surface area contributed by atoms with Crippen molar-refractivity contribution in [2.75, 3.05) is 19.0 Å². The van der Waals surface area contributed by atoms with Gasteiger partial charge in [-0.05, 0) is 0 Å². The number of hydrogen-bond acceptors (Lipinski definition) is 2. The number of benzene rings is 2. The molecule has 1 unspecified atom stereocenters. The van der Waals surface area contributed by atoms with Crippen LogP contribution in [0.5, 0.6) is 0 Å². The number of fused-ring (bicyclic) bond motifs is 2. The fourth-order valence-corrected chi connectivity index (χ4v) is 23.0.